The molecule has 0 aliphatic rings. The molecule has 2 rings (SSSR count). The van der Waals surface area contributed by atoms with E-state index in [9.17, 15) is 0 Å². The quantitative estimate of drug-likeness (QED) is 0.753. The molecule has 2 aromatic rings. The minimum absolute atomic E-state index is 0.665. The van der Waals surface area contributed by atoms with Crippen molar-refractivity contribution in [2.24, 2.45) is 0 Å². The molecule has 88 valence electrons. The number of rotatable bonds is 4. The van der Waals surface area contributed by atoms with Crippen LogP contribution in [0.1, 0.15) is 22.3 Å². The molecule has 0 atom stereocenters. The first-order valence-electron chi connectivity index (χ1n) is 5.94. The standard InChI is InChI=1S/C16H18Se/c1-13-7-3-5-9-15(13)11-17-12-16-10-6-4-8-14(16)2/h3-10H,11-12H2,1-2H3. The van der Waals surface area contributed by atoms with Gasteiger partial charge in [0, 0.05) is 0 Å². The van der Waals surface area contributed by atoms with Crippen molar-refractivity contribution in [2.45, 2.75) is 24.5 Å². The van der Waals surface area contributed by atoms with E-state index in [4.69, 9.17) is 0 Å². The first kappa shape index (κ1) is 12.4. The molecule has 0 aliphatic carbocycles. The first-order valence-corrected chi connectivity index (χ1v) is 8.36. The molecule has 0 amide bonds. The Morgan fingerprint density at radius 2 is 1.12 bits per heavy atom. The normalized spacial score (nSPS) is 10.5. The summed E-state index contributed by atoms with van der Waals surface area (Å²) in [6.07, 6.45) is 0. The van der Waals surface area contributed by atoms with E-state index in [-0.39, 0.29) is 0 Å². The van der Waals surface area contributed by atoms with Gasteiger partial charge >= 0.3 is 110 Å². The summed E-state index contributed by atoms with van der Waals surface area (Å²) in [6.45, 7) is 4.42. The molecule has 0 aliphatic heterocycles. The van der Waals surface area contributed by atoms with Gasteiger partial charge in [0.25, 0.3) is 0 Å². The molecule has 0 fully saturated rings. The van der Waals surface area contributed by atoms with E-state index in [0.717, 1.165) is 0 Å². The van der Waals surface area contributed by atoms with Crippen molar-refractivity contribution >= 4 is 15.0 Å². The van der Waals surface area contributed by atoms with Gasteiger partial charge < -0.3 is 0 Å². The van der Waals surface area contributed by atoms with Crippen LogP contribution in [-0.2, 0) is 10.6 Å². The van der Waals surface area contributed by atoms with Gasteiger partial charge in [0.15, 0.2) is 0 Å². The molecule has 17 heavy (non-hydrogen) atoms. The fraction of sp³-hybridized carbons (Fsp3) is 0.250. The van der Waals surface area contributed by atoms with Crippen LogP contribution in [0, 0.1) is 13.8 Å². The summed E-state index contributed by atoms with van der Waals surface area (Å²) >= 11 is 0.665. The van der Waals surface area contributed by atoms with E-state index < -0.39 is 0 Å². The van der Waals surface area contributed by atoms with Crippen molar-refractivity contribution in [3.8, 4) is 0 Å². The van der Waals surface area contributed by atoms with Crippen molar-refractivity contribution < 1.29 is 0 Å². The zero-order valence-corrected chi connectivity index (χ0v) is 12.2. The number of aryl methyl sites for hydroxylation is 2. The molecular weight excluding hydrogens is 271 g/mol. The minimum atomic E-state index is 0.665. The van der Waals surface area contributed by atoms with E-state index in [2.05, 4.69) is 62.4 Å². The molecule has 0 radical (unpaired) electrons. The summed E-state index contributed by atoms with van der Waals surface area (Å²) < 4.78 is 0. The van der Waals surface area contributed by atoms with Crippen LogP contribution in [0.5, 0.6) is 0 Å². The molecule has 1 heteroatoms. The zero-order chi connectivity index (χ0) is 12.1. The van der Waals surface area contributed by atoms with Gasteiger partial charge in [0.05, 0.1) is 0 Å². The Labute approximate surface area is 110 Å². The molecule has 0 aromatic heterocycles. The van der Waals surface area contributed by atoms with Crippen LogP contribution in [0.25, 0.3) is 0 Å². The van der Waals surface area contributed by atoms with Gasteiger partial charge in [0.1, 0.15) is 0 Å². The van der Waals surface area contributed by atoms with Crippen molar-refractivity contribution in [1.82, 2.24) is 0 Å². The summed E-state index contributed by atoms with van der Waals surface area (Å²) in [5, 5.41) is 2.49. The van der Waals surface area contributed by atoms with Crippen LogP contribution in [0.4, 0.5) is 0 Å². The molecule has 0 nitrogen and oxygen atoms in total. The summed E-state index contributed by atoms with van der Waals surface area (Å²) in [5.74, 6) is 0. The van der Waals surface area contributed by atoms with E-state index in [1.54, 1.807) is 0 Å². The van der Waals surface area contributed by atoms with Gasteiger partial charge in [0.2, 0.25) is 0 Å². The van der Waals surface area contributed by atoms with Crippen molar-refractivity contribution in [2.75, 3.05) is 0 Å². The van der Waals surface area contributed by atoms with Crippen molar-refractivity contribution in [1.29, 1.82) is 0 Å². The Morgan fingerprint density at radius 1 is 0.706 bits per heavy atom. The topological polar surface area (TPSA) is 0 Å². The zero-order valence-electron chi connectivity index (χ0n) is 10.4. The molecule has 0 heterocycles. The second-order valence-corrected chi connectivity index (χ2v) is 6.41. The van der Waals surface area contributed by atoms with Crippen molar-refractivity contribution in [3.63, 3.8) is 0 Å². The van der Waals surface area contributed by atoms with Crippen LogP contribution in [0.3, 0.4) is 0 Å². The fourth-order valence-corrected chi connectivity index (χ4v) is 4.31. The van der Waals surface area contributed by atoms with Crippen LogP contribution >= 0.6 is 0 Å². The average molecular weight is 289 g/mol. The van der Waals surface area contributed by atoms with E-state index >= 15 is 0 Å². The summed E-state index contributed by atoms with van der Waals surface area (Å²) in [5.41, 5.74) is 5.89. The van der Waals surface area contributed by atoms with Gasteiger partial charge in [-0.2, -0.15) is 0 Å². The second-order valence-electron chi connectivity index (χ2n) is 4.35. The van der Waals surface area contributed by atoms with Gasteiger partial charge in [-0.3, -0.25) is 0 Å². The Morgan fingerprint density at radius 3 is 1.53 bits per heavy atom. The van der Waals surface area contributed by atoms with Gasteiger partial charge in [-0.05, 0) is 0 Å². The molecule has 0 unspecified atom stereocenters. The predicted molar refractivity (Wildman–Crippen MR) is 75.5 cm³/mol. The van der Waals surface area contributed by atoms with E-state index in [0.29, 0.717) is 15.0 Å². The molecule has 2 aromatic carbocycles. The second kappa shape index (κ2) is 6.05. The Kier molecular flexibility index (Phi) is 4.42. The van der Waals surface area contributed by atoms with Gasteiger partial charge in [-0.15, -0.1) is 0 Å². The Balaban J connectivity index is 1.93. The Hall–Kier alpha value is -1.04. The summed E-state index contributed by atoms with van der Waals surface area (Å²) in [4.78, 5) is 0. The third kappa shape index (κ3) is 3.46. The monoisotopic (exact) mass is 290 g/mol. The summed E-state index contributed by atoms with van der Waals surface area (Å²) in [6, 6.07) is 17.5. The maximum absolute atomic E-state index is 2.26. The summed E-state index contributed by atoms with van der Waals surface area (Å²) in [7, 11) is 0. The molecule has 0 spiro atoms. The SMILES string of the molecule is Cc1ccccc1C[Se]Cc1ccccc1C. The van der Waals surface area contributed by atoms with Crippen LogP contribution in [-0.4, -0.2) is 15.0 Å². The molecule has 0 bridgehead atoms. The molecule has 0 saturated carbocycles. The van der Waals surface area contributed by atoms with Crippen LogP contribution in [0.15, 0.2) is 48.5 Å². The maximum atomic E-state index is 2.26. The van der Waals surface area contributed by atoms with E-state index in [1.165, 1.54) is 32.9 Å². The predicted octanol–water partition coefficient (Wildman–Crippen LogP) is 3.71. The van der Waals surface area contributed by atoms with Crippen LogP contribution in [0.2, 0.25) is 0 Å². The third-order valence-corrected chi connectivity index (χ3v) is 5.20. The van der Waals surface area contributed by atoms with Crippen molar-refractivity contribution in [3.05, 3.63) is 70.8 Å². The van der Waals surface area contributed by atoms with Gasteiger partial charge in [-0.25, -0.2) is 0 Å². The number of benzene rings is 2. The fourth-order valence-electron chi connectivity index (χ4n) is 1.82. The van der Waals surface area contributed by atoms with Crippen LogP contribution < -0.4 is 0 Å². The average Bonchev–Trinajstić information content (AvgIpc) is 2.34. The van der Waals surface area contributed by atoms with Gasteiger partial charge in [-0.1, -0.05) is 0 Å². The Bertz CT molecular complexity index is 443. The number of hydrogen-bond acceptors (Lipinski definition) is 0. The number of hydrogen-bond donors (Lipinski definition) is 0. The third-order valence-electron chi connectivity index (χ3n) is 3.04. The molecular formula is C16H18Se. The molecule has 0 saturated heterocycles. The molecule has 0 N–H and O–H groups in total. The first-order chi connectivity index (χ1) is 8.27. The van der Waals surface area contributed by atoms with E-state index in [1.807, 2.05) is 0 Å².